The summed E-state index contributed by atoms with van der Waals surface area (Å²) < 4.78 is 40.7. The second-order valence-electron chi connectivity index (χ2n) is 8.16. The number of aromatic nitrogens is 5. The minimum Gasteiger partial charge on any atom is -0.347 e. The second kappa shape index (κ2) is 11.6. The second-order valence-corrected chi connectivity index (χ2v) is 10.5. The first-order chi connectivity index (χ1) is 18.8. The lowest BCUT2D eigenvalue weighted by Crippen LogP contribution is -2.23. The number of nitrogens with zero attached hydrogens (tertiary/aromatic N) is 5. The lowest BCUT2D eigenvalue weighted by molar-refractivity contribution is -0.137. The number of thioether (sulfide) groups is 1. The van der Waals surface area contributed by atoms with Crippen LogP contribution in [-0.2, 0) is 18.5 Å². The van der Waals surface area contributed by atoms with E-state index in [1.807, 2.05) is 34.9 Å². The van der Waals surface area contributed by atoms with E-state index in [0.29, 0.717) is 32.3 Å². The maximum absolute atomic E-state index is 12.9. The summed E-state index contributed by atoms with van der Waals surface area (Å²) in [7, 11) is 0. The molecule has 39 heavy (non-hydrogen) atoms. The first kappa shape index (κ1) is 26.9. The van der Waals surface area contributed by atoms with E-state index in [0.717, 1.165) is 23.4 Å². The molecule has 0 aliphatic rings. The van der Waals surface area contributed by atoms with Crippen LogP contribution in [0.3, 0.4) is 0 Å². The van der Waals surface area contributed by atoms with Crippen LogP contribution >= 0.6 is 34.7 Å². The van der Waals surface area contributed by atoms with Gasteiger partial charge in [0.15, 0.2) is 11.0 Å². The van der Waals surface area contributed by atoms with Crippen molar-refractivity contribution in [3.63, 3.8) is 0 Å². The summed E-state index contributed by atoms with van der Waals surface area (Å²) in [6.45, 7) is -0.0514. The highest BCUT2D eigenvalue weighted by Gasteiger charge is 2.30. The molecule has 0 aliphatic carbocycles. The fourth-order valence-corrected chi connectivity index (χ4v) is 5.56. The molecule has 5 rings (SSSR count). The summed E-state index contributed by atoms with van der Waals surface area (Å²) in [4.78, 5) is 21.1. The third-order valence-corrected chi connectivity index (χ3v) is 7.64. The fraction of sp³-hybridized carbons (Fsp3) is 0.115. The SMILES string of the molecule is O=C(NCc1cccc(C(F)(F)F)c1)c1csc(CSc2nnc(-c3cccnc3)n2-c2cccc(Cl)c2)n1. The zero-order valence-electron chi connectivity index (χ0n) is 19.9. The van der Waals surface area contributed by atoms with E-state index in [9.17, 15) is 18.0 Å². The van der Waals surface area contributed by atoms with Crippen LogP contribution in [0.1, 0.15) is 26.6 Å². The van der Waals surface area contributed by atoms with Crippen LogP contribution in [0.15, 0.2) is 83.6 Å². The molecule has 3 aromatic heterocycles. The number of hydrogen-bond acceptors (Lipinski definition) is 7. The molecule has 0 unspecified atom stereocenters. The molecule has 0 bridgehead atoms. The van der Waals surface area contributed by atoms with Crippen molar-refractivity contribution in [1.29, 1.82) is 0 Å². The fourth-order valence-electron chi connectivity index (χ4n) is 3.63. The van der Waals surface area contributed by atoms with Gasteiger partial charge in [0, 0.05) is 34.9 Å². The summed E-state index contributed by atoms with van der Waals surface area (Å²) in [5.74, 6) is 0.541. The molecule has 0 fully saturated rings. The molecular weight excluding hydrogens is 569 g/mol. The van der Waals surface area contributed by atoms with Gasteiger partial charge in [-0.15, -0.1) is 21.5 Å². The van der Waals surface area contributed by atoms with E-state index >= 15 is 0 Å². The van der Waals surface area contributed by atoms with Crippen molar-refractivity contribution in [1.82, 2.24) is 30.0 Å². The molecule has 2 aromatic carbocycles. The minimum absolute atomic E-state index is 0.0514. The number of rotatable bonds is 8. The summed E-state index contributed by atoms with van der Waals surface area (Å²) >= 11 is 8.93. The Bertz CT molecular complexity index is 1610. The number of carbonyl (C=O) groups excluding carboxylic acids is 1. The molecule has 0 atom stereocenters. The highest BCUT2D eigenvalue weighted by atomic mass is 35.5. The number of pyridine rings is 1. The third-order valence-electron chi connectivity index (χ3n) is 5.44. The Morgan fingerprint density at radius 2 is 1.92 bits per heavy atom. The molecule has 3 heterocycles. The highest BCUT2D eigenvalue weighted by Crippen LogP contribution is 2.31. The van der Waals surface area contributed by atoms with Crippen molar-refractivity contribution >= 4 is 40.6 Å². The van der Waals surface area contributed by atoms with Gasteiger partial charge in [-0.3, -0.25) is 14.3 Å². The van der Waals surface area contributed by atoms with Crippen LogP contribution in [-0.4, -0.2) is 30.6 Å². The van der Waals surface area contributed by atoms with Crippen molar-refractivity contribution in [2.75, 3.05) is 0 Å². The Labute approximate surface area is 234 Å². The van der Waals surface area contributed by atoms with Crippen molar-refractivity contribution in [3.05, 3.63) is 105 Å². The maximum atomic E-state index is 12.9. The Kier molecular flexibility index (Phi) is 7.96. The molecular formula is C26H18ClF3N6OS2. The van der Waals surface area contributed by atoms with Crippen molar-refractivity contribution in [2.24, 2.45) is 0 Å². The van der Waals surface area contributed by atoms with Crippen molar-refractivity contribution in [2.45, 2.75) is 23.6 Å². The van der Waals surface area contributed by atoms with Crippen molar-refractivity contribution < 1.29 is 18.0 Å². The molecule has 1 N–H and O–H groups in total. The van der Waals surface area contributed by atoms with Gasteiger partial charge >= 0.3 is 6.18 Å². The average molecular weight is 587 g/mol. The Morgan fingerprint density at radius 3 is 2.69 bits per heavy atom. The number of hydrogen-bond donors (Lipinski definition) is 1. The maximum Gasteiger partial charge on any atom is 0.416 e. The van der Waals surface area contributed by atoms with E-state index < -0.39 is 17.6 Å². The molecule has 5 aromatic rings. The van der Waals surface area contributed by atoms with Gasteiger partial charge in [0.25, 0.3) is 5.91 Å². The van der Waals surface area contributed by atoms with Gasteiger partial charge < -0.3 is 5.32 Å². The topological polar surface area (TPSA) is 85.6 Å². The quantitative estimate of drug-likeness (QED) is 0.204. The van der Waals surface area contributed by atoms with Gasteiger partial charge in [0.2, 0.25) is 0 Å². The first-order valence-corrected chi connectivity index (χ1v) is 13.7. The molecule has 13 heteroatoms. The molecule has 198 valence electrons. The third kappa shape index (κ3) is 6.47. The van der Waals surface area contributed by atoms with Gasteiger partial charge in [0.1, 0.15) is 10.7 Å². The standard InChI is InChI=1S/C26H18ClF3N6OS2/c27-19-7-2-8-20(11-19)36-23(17-5-3-9-31-13-17)34-35-25(36)39-15-22-33-21(14-38-22)24(37)32-12-16-4-1-6-18(10-16)26(28,29)30/h1-11,13-14H,12,15H2,(H,32,37). The van der Waals surface area contributed by atoms with E-state index in [4.69, 9.17) is 11.6 Å². The summed E-state index contributed by atoms with van der Waals surface area (Å²) in [6, 6.07) is 15.9. The van der Waals surface area contributed by atoms with Crippen LogP contribution in [0.5, 0.6) is 0 Å². The predicted molar refractivity (Wildman–Crippen MR) is 144 cm³/mol. The van der Waals surface area contributed by atoms with E-state index in [1.54, 1.807) is 23.8 Å². The number of nitrogens with one attached hydrogen (secondary N) is 1. The molecule has 0 saturated carbocycles. The monoisotopic (exact) mass is 586 g/mol. The van der Waals surface area contributed by atoms with Crippen LogP contribution in [0.2, 0.25) is 5.02 Å². The van der Waals surface area contributed by atoms with Crippen molar-refractivity contribution in [3.8, 4) is 17.1 Å². The predicted octanol–water partition coefficient (Wildman–Crippen LogP) is 6.68. The van der Waals surface area contributed by atoms with Crippen LogP contribution < -0.4 is 5.32 Å². The molecule has 0 saturated heterocycles. The van der Waals surface area contributed by atoms with E-state index in [-0.39, 0.29) is 12.2 Å². The number of thiazole rings is 1. The first-order valence-electron chi connectivity index (χ1n) is 11.4. The van der Waals surface area contributed by atoms with E-state index in [1.165, 1.54) is 35.2 Å². The molecule has 1 amide bonds. The summed E-state index contributed by atoms with van der Waals surface area (Å²) in [5, 5.41) is 14.8. The van der Waals surface area contributed by atoms with Crippen LogP contribution in [0, 0.1) is 0 Å². The van der Waals surface area contributed by atoms with Gasteiger partial charge in [0.05, 0.1) is 17.0 Å². The lowest BCUT2D eigenvalue weighted by atomic mass is 10.1. The molecule has 7 nitrogen and oxygen atoms in total. The minimum atomic E-state index is -4.45. The summed E-state index contributed by atoms with van der Waals surface area (Å²) in [5.41, 5.74) is 1.33. The number of carbonyl (C=O) groups is 1. The Morgan fingerprint density at radius 1 is 1.08 bits per heavy atom. The molecule has 0 radical (unpaired) electrons. The molecule has 0 aliphatic heterocycles. The van der Waals surface area contributed by atoms with Gasteiger partial charge in [-0.2, -0.15) is 13.2 Å². The normalized spacial score (nSPS) is 11.5. The lowest BCUT2D eigenvalue weighted by Gasteiger charge is -2.10. The zero-order chi connectivity index (χ0) is 27.4. The number of alkyl halides is 3. The Balaban J connectivity index is 1.29. The van der Waals surface area contributed by atoms with Gasteiger partial charge in [-0.05, 0) is 48.0 Å². The zero-order valence-corrected chi connectivity index (χ0v) is 22.3. The molecule has 0 spiro atoms. The average Bonchev–Trinajstić information content (AvgIpc) is 3.58. The Hall–Kier alpha value is -3.74. The smallest absolute Gasteiger partial charge is 0.347 e. The van der Waals surface area contributed by atoms with Crippen LogP contribution in [0.4, 0.5) is 13.2 Å². The largest absolute Gasteiger partial charge is 0.416 e. The van der Waals surface area contributed by atoms with Crippen LogP contribution in [0.25, 0.3) is 17.1 Å². The highest BCUT2D eigenvalue weighted by molar-refractivity contribution is 7.98. The number of halogens is 4. The summed E-state index contributed by atoms with van der Waals surface area (Å²) in [6.07, 6.45) is -1.07. The van der Waals surface area contributed by atoms with E-state index in [2.05, 4.69) is 25.5 Å². The number of benzene rings is 2. The van der Waals surface area contributed by atoms with Gasteiger partial charge in [-0.25, -0.2) is 4.98 Å². The number of amides is 1. The van der Waals surface area contributed by atoms with Gasteiger partial charge in [-0.1, -0.05) is 41.6 Å².